The van der Waals surface area contributed by atoms with Gasteiger partial charge in [-0.15, -0.1) is 5.10 Å². The molecule has 5 heteroatoms. The van der Waals surface area contributed by atoms with Crippen LogP contribution in [0.5, 0.6) is 0 Å². The average molecular weight is 127 g/mol. The molecule has 2 radical (unpaired) electrons. The minimum Gasteiger partial charge on any atom is -0.488 e. The zero-order valence-corrected chi connectivity index (χ0v) is 4.75. The SMILES string of the molecule is CN1[C]NC(=O)C(O)=N1. The summed E-state index contributed by atoms with van der Waals surface area (Å²) in [5.74, 6) is -1.18. The number of rotatable bonds is 0. The Hall–Kier alpha value is -1.26. The molecular formula is C4H5N3O2. The third-order valence-electron chi connectivity index (χ3n) is 0.779. The molecule has 0 atom stereocenters. The lowest BCUT2D eigenvalue weighted by atomic mass is 10.6. The van der Waals surface area contributed by atoms with Crippen molar-refractivity contribution in [2.75, 3.05) is 7.05 Å². The summed E-state index contributed by atoms with van der Waals surface area (Å²) in [6, 6.07) is 0. The topological polar surface area (TPSA) is 64.9 Å². The summed E-state index contributed by atoms with van der Waals surface area (Å²) in [5.41, 5.74) is 0. The molecule has 0 bridgehead atoms. The highest BCUT2D eigenvalue weighted by Crippen LogP contribution is 1.92. The van der Waals surface area contributed by atoms with Crippen LogP contribution in [0.4, 0.5) is 0 Å². The number of hydrazone groups is 1. The van der Waals surface area contributed by atoms with Crippen molar-refractivity contribution in [1.82, 2.24) is 10.3 Å². The molecule has 9 heavy (non-hydrogen) atoms. The average Bonchev–Trinajstić information content (AvgIpc) is 1.80. The van der Waals surface area contributed by atoms with E-state index >= 15 is 0 Å². The maximum atomic E-state index is 10.4. The fraction of sp³-hybridized carbons (Fsp3) is 0.250. The van der Waals surface area contributed by atoms with Crippen molar-refractivity contribution < 1.29 is 9.90 Å². The molecule has 0 aromatic heterocycles. The Bertz CT molecular complexity index is 165. The Labute approximate surface area is 52.0 Å². The van der Waals surface area contributed by atoms with Crippen molar-refractivity contribution in [3.8, 4) is 0 Å². The monoisotopic (exact) mass is 127 g/mol. The van der Waals surface area contributed by atoms with Crippen LogP contribution in [0.15, 0.2) is 5.10 Å². The van der Waals surface area contributed by atoms with Crippen LogP contribution in [-0.2, 0) is 4.79 Å². The first-order chi connectivity index (χ1) is 4.20. The lowest BCUT2D eigenvalue weighted by Gasteiger charge is -2.15. The Balaban J connectivity index is 2.72. The van der Waals surface area contributed by atoms with Crippen LogP contribution in [0.1, 0.15) is 0 Å². The Morgan fingerprint density at radius 2 is 2.56 bits per heavy atom. The molecule has 0 fully saturated rings. The third-order valence-corrected chi connectivity index (χ3v) is 0.779. The number of nitrogens with one attached hydrogen (secondary N) is 1. The highest BCUT2D eigenvalue weighted by molar-refractivity contribution is 6.34. The summed E-state index contributed by atoms with van der Waals surface area (Å²) in [5, 5.41) is 15.3. The molecule has 0 aliphatic carbocycles. The quantitative estimate of drug-likeness (QED) is 0.435. The van der Waals surface area contributed by atoms with Crippen LogP contribution in [0, 0.1) is 6.67 Å². The zero-order chi connectivity index (χ0) is 6.85. The van der Waals surface area contributed by atoms with Gasteiger partial charge in [-0.1, -0.05) is 0 Å². The molecule has 0 saturated carbocycles. The van der Waals surface area contributed by atoms with E-state index in [1.165, 1.54) is 12.1 Å². The van der Waals surface area contributed by atoms with Gasteiger partial charge in [-0.3, -0.25) is 9.80 Å². The Kier molecular flexibility index (Phi) is 1.26. The van der Waals surface area contributed by atoms with Crippen LogP contribution in [0.2, 0.25) is 0 Å². The minimum absolute atomic E-state index is 0.545. The van der Waals surface area contributed by atoms with Crippen molar-refractivity contribution in [3.05, 3.63) is 6.67 Å². The van der Waals surface area contributed by atoms with Crippen molar-refractivity contribution in [3.63, 3.8) is 0 Å². The standard InChI is InChI=1S/C4H5N3O2/c1-7-2-5-3(8)4(9)6-7/h1H3,(H,5,8)(H,6,9). The van der Waals surface area contributed by atoms with E-state index in [4.69, 9.17) is 5.11 Å². The van der Waals surface area contributed by atoms with Crippen LogP contribution >= 0.6 is 0 Å². The van der Waals surface area contributed by atoms with E-state index in [0.717, 1.165) is 0 Å². The van der Waals surface area contributed by atoms with Crippen LogP contribution in [-0.4, -0.2) is 29.0 Å². The molecular weight excluding hydrogens is 122 g/mol. The molecule has 0 saturated heterocycles. The number of hydrogen-bond acceptors (Lipinski definition) is 3. The van der Waals surface area contributed by atoms with Gasteiger partial charge in [0.05, 0.1) is 0 Å². The van der Waals surface area contributed by atoms with Crippen molar-refractivity contribution >= 4 is 11.8 Å². The first kappa shape index (κ1) is 5.87. The van der Waals surface area contributed by atoms with E-state index in [-0.39, 0.29) is 0 Å². The van der Waals surface area contributed by atoms with E-state index < -0.39 is 11.8 Å². The molecule has 0 aromatic rings. The third kappa shape index (κ3) is 1.10. The van der Waals surface area contributed by atoms with E-state index in [1.807, 2.05) is 0 Å². The maximum Gasteiger partial charge on any atom is 0.310 e. The molecule has 5 nitrogen and oxygen atoms in total. The number of nitrogens with zero attached hydrogens (tertiary/aromatic N) is 2. The highest BCUT2D eigenvalue weighted by atomic mass is 16.3. The molecule has 48 valence electrons. The first-order valence-corrected chi connectivity index (χ1v) is 2.27. The second-order valence-electron chi connectivity index (χ2n) is 1.51. The fourth-order valence-electron chi connectivity index (χ4n) is 0.400. The van der Waals surface area contributed by atoms with Gasteiger partial charge < -0.3 is 10.4 Å². The van der Waals surface area contributed by atoms with Gasteiger partial charge in [-0.2, -0.15) is 0 Å². The predicted molar refractivity (Wildman–Crippen MR) is 29.2 cm³/mol. The summed E-state index contributed by atoms with van der Waals surface area (Å²) in [4.78, 5) is 10.4. The van der Waals surface area contributed by atoms with E-state index in [0.29, 0.717) is 0 Å². The van der Waals surface area contributed by atoms with Crippen molar-refractivity contribution in [2.45, 2.75) is 0 Å². The fourth-order valence-corrected chi connectivity index (χ4v) is 0.400. The van der Waals surface area contributed by atoms with Gasteiger partial charge in [0.1, 0.15) is 0 Å². The number of carbonyl (C=O) groups excluding carboxylic acids is 1. The maximum absolute atomic E-state index is 10.4. The van der Waals surface area contributed by atoms with Gasteiger partial charge in [-0.25, -0.2) is 0 Å². The molecule has 0 spiro atoms. The highest BCUT2D eigenvalue weighted by Gasteiger charge is 2.16. The number of aliphatic hydroxyl groups is 1. The summed E-state index contributed by atoms with van der Waals surface area (Å²) in [7, 11) is 1.54. The van der Waals surface area contributed by atoms with Gasteiger partial charge in [0.15, 0.2) is 0 Å². The Morgan fingerprint density at radius 1 is 1.89 bits per heavy atom. The van der Waals surface area contributed by atoms with Crippen LogP contribution in [0.25, 0.3) is 0 Å². The summed E-state index contributed by atoms with van der Waals surface area (Å²) in [6.07, 6.45) is 0. The van der Waals surface area contributed by atoms with Crippen LogP contribution < -0.4 is 5.32 Å². The summed E-state index contributed by atoms with van der Waals surface area (Å²) < 4.78 is 0. The largest absolute Gasteiger partial charge is 0.488 e. The molecule has 1 heterocycles. The van der Waals surface area contributed by atoms with Crippen molar-refractivity contribution in [2.24, 2.45) is 5.10 Å². The van der Waals surface area contributed by atoms with E-state index in [2.05, 4.69) is 17.1 Å². The number of hydrogen-bond donors (Lipinski definition) is 2. The zero-order valence-electron chi connectivity index (χ0n) is 4.75. The van der Waals surface area contributed by atoms with E-state index in [1.54, 1.807) is 0 Å². The van der Waals surface area contributed by atoms with Gasteiger partial charge in [0.25, 0.3) is 5.90 Å². The molecule has 0 unspecified atom stereocenters. The molecule has 1 aliphatic rings. The predicted octanol–water partition coefficient (Wildman–Crippen LogP) is -1.08. The van der Waals surface area contributed by atoms with Gasteiger partial charge in [0.2, 0.25) is 6.67 Å². The van der Waals surface area contributed by atoms with Gasteiger partial charge in [-0.05, 0) is 0 Å². The van der Waals surface area contributed by atoms with Gasteiger partial charge >= 0.3 is 5.91 Å². The van der Waals surface area contributed by atoms with Crippen LogP contribution in [0.3, 0.4) is 0 Å². The number of carbonyl (C=O) groups is 1. The molecule has 1 aliphatic heterocycles. The second-order valence-corrected chi connectivity index (χ2v) is 1.51. The molecule has 1 rings (SSSR count). The summed E-state index contributed by atoms with van der Waals surface area (Å²) in [6.45, 7) is 2.35. The smallest absolute Gasteiger partial charge is 0.310 e. The van der Waals surface area contributed by atoms with E-state index in [9.17, 15) is 4.79 Å². The second kappa shape index (κ2) is 1.93. The molecule has 0 aromatic carbocycles. The van der Waals surface area contributed by atoms with Gasteiger partial charge in [0, 0.05) is 7.05 Å². The van der Waals surface area contributed by atoms with Crippen molar-refractivity contribution in [1.29, 1.82) is 0 Å². The lowest BCUT2D eigenvalue weighted by Crippen LogP contribution is -2.39. The number of aliphatic hydroxyl groups excluding tert-OH is 1. The number of amides is 1. The first-order valence-electron chi connectivity index (χ1n) is 2.27. The normalized spacial score (nSPS) is 19.0. The minimum atomic E-state index is -0.631. The summed E-state index contributed by atoms with van der Waals surface area (Å²) >= 11 is 0. The lowest BCUT2D eigenvalue weighted by molar-refractivity contribution is -0.116. The Morgan fingerprint density at radius 3 is 3.00 bits per heavy atom. The molecule has 1 amide bonds. The molecule has 2 N–H and O–H groups in total.